The Hall–Kier alpha value is -1.41. The largest absolute Gasteiger partial charge is 0.495 e. The second-order valence-corrected chi connectivity index (χ2v) is 6.33. The Bertz CT molecular complexity index is 592. The fourth-order valence-electron chi connectivity index (χ4n) is 1.46. The van der Waals surface area contributed by atoms with Crippen LogP contribution >= 0.6 is 10.7 Å². The van der Waals surface area contributed by atoms with Crippen molar-refractivity contribution in [2.75, 3.05) is 13.7 Å². The van der Waals surface area contributed by atoms with Gasteiger partial charge in [-0.2, -0.15) is 0 Å². The topological polar surface area (TPSA) is 72.5 Å². The maximum atomic E-state index is 11.9. The molecule has 0 heterocycles. The van der Waals surface area contributed by atoms with E-state index < -0.39 is 27.9 Å². The molecule has 0 aliphatic carbocycles. The molecule has 0 spiro atoms. The zero-order valence-corrected chi connectivity index (χ0v) is 12.0. The van der Waals surface area contributed by atoms with Crippen LogP contribution in [0.3, 0.4) is 0 Å². The van der Waals surface area contributed by atoms with Crippen molar-refractivity contribution in [3.05, 3.63) is 23.8 Å². The first-order valence-corrected chi connectivity index (χ1v) is 7.71. The second-order valence-electron chi connectivity index (χ2n) is 3.79. The third kappa shape index (κ3) is 4.93. The molecule has 1 N–H and O–H groups in total. The minimum Gasteiger partial charge on any atom is -0.495 e. The zero-order valence-electron chi connectivity index (χ0n) is 10.4. The van der Waals surface area contributed by atoms with E-state index in [-0.39, 0.29) is 17.1 Å². The van der Waals surface area contributed by atoms with Crippen LogP contribution in [0, 0.1) is 0 Å². The van der Waals surface area contributed by atoms with E-state index in [2.05, 4.69) is 0 Å². The minimum atomic E-state index is -4.03. The lowest BCUT2D eigenvalue weighted by Crippen LogP contribution is -2.29. The van der Waals surface area contributed by atoms with Crippen LogP contribution < -0.4 is 10.1 Å². The quantitative estimate of drug-likeness (QED) is 0.805. The molecule has 20 heavy (non-hydrogen) atoms. The predicted molar refractivity (Wildman–Crippen MR) is 68.8 cm³/mol. The summed E-state index contributed by atoms with van der Waals surface area (Å²) in [6.45, 7) is -0.754. The number of alkyl halides is 2. The van der Waals surface area contributed by atoms with Crippen molar-refractivity contribution >= 4 is 25.6 Å². The van der Waals surface area contributed by atoms with Crippen molar-refractivity contribution in [3.63, 3.8) is 0 Å². The maximum absolute atomic E-state index is 11.9. The number of methoxy groups -OCH3 is 1. The Labute approximate surface area is 119 Å². The molecule has 0 saturated carbocycles. The number of ether oxygens (including phenoxy) is 1. The summed E-state index contributed by atoms with van der Waals surface area (Å²) in [4.78, 5) is 11.1. The van der Waals surface area contributed by atoms with E-state index in [1.807, 2.05) is 5.32 Å². The summed E-state index contributed by atoms with van der Waals surface area (Å²) in [7, 11) is 2.49. The number of carbonyl (C=O) groups is 1. The molecule has 0 aliphatic heterocycles. The van der Waals surface area contributed by atoms with Gasteiger partial charge >= 0.3 is 0 Å². The van der Waals surface area contributed by atoms with E-state index in [4.69, 9.17) is 15.4 Å². The second kappa shape index (κ2) is 6.85. The van der Waals surface area contributed by atoms with E-state index in [0.717, 1.165) is 0 Å². The number of amides is 1. The Morgan fingerprint density at radius 1 is 1.45 bits per heavy atom. The van der Waals surface area contributed by atoms with Gasteiger partial charge in [0.1, 0.15) is 10.6 Å². The minimum absolute atomic E-state index is 0.0386. The van der Waals surface area contributed by atoms with Crippen LogP contribution in [0.1, 0.15) is 5.56 Å². The fourth-order valence-corrected chi connectivity index (χ4v) is 2.51. The number of nitrogens with one attached hydrogen (secondary N) is 1. The van der Waals surface area contributed by atoms with Gasteiger partial charge in [-0.25, -0.2) is 17.2 Å². The third-order valence-electron chi connectivity index (χ3n) is 2.31. The lowest BCUT2D eigenvalue weighted by atomic mass is 10.1. The molecule has 0 unspecified atom stereocenters. The molecule has 0 aliphatic rings. The van der Waals surface area contributed by atoms with Gasteiger partial charge in [0.15, 0.2) is 0 Å². The Morgan fingerprint density at radius 3 is 2.60 bits per heavy atom. The Balaban J connectivity index is 2.90. The molecular weight excluding hydrogens is 316 g/mol. The van der Waals surface area contributed by atoms with Crippen LogP contribution in [0.5, 0.6) is 5.75 Å². The molecule has 0 fully saturated rings. The summed E-state index contributed by atoms with van der Waals surface area (Å²) in [5.41, 5.74) is 0.316. The molecule has 0 atom stereocenters. The number of hydrogen-bond donors (Lipinski definition) is 1. The highest BCUT2D eigenvalue weighted by Gasteiger charge is 2.18. The smallest absolute Gasteiger partial charge is 0.264 e. The van der Waals surface area contributed by atoms with Crippen molar-refractivity contribution in [1.29, 1.82) is 0 Å². The molecule has 1 rings (SSSR count). The van der Waals surface area contributed by atoms with Gasteiger partial charge in [0.2, 0.25) is 5.91 Å². The van der Waals surface area contributed by atoms with Gasteiger partial charge in [-0.1, -0.05) is 6.07 Å². The van der Waals surface area contributed by atoms with Gasteiger partial charge in [0.25, 0.3) is 15.5 Å². The number of rotatable bonds is 6. The molecule has 0 saturated heterocycles. The number of halogens is 3. The van der Waals surface area contributed by atoms with Crippen molar-refractivity contribution in [2.24, 2.45) is 0 Å². The average molecular weight is 328 g/mol. The van der Waals surface area contributed by atoms with E-state index in [1.54, 1.807) is 0 Å². The van der Waals surface area contributed by atoms with Crippen LogP contribution in [-0.2, 0) is 20.3 Å². The average Bonchev–Trinajstić information content (AvgIpc) is 2.35. The Kier molecular flexibility index (Phi) is 5.70. The molecule has 0 radical (unpaired) electrons. The lowest BCUT2D eigenvalue weighted by molar-refractivity contribution is -0.121. The van der Waals surface area contributed by atoms with Crippen LogP contribution in [0.2, 0.25) is 0 Å². The summed E-state index contributed by atoms with van der Waals surface area (Å²) < 4.78 is 51.4. The number of carbonyl (C=O) groups excluding carboxylic acids is 1. The molecule has 112 valence electrons. The van der Waals surface area contributed by atoms with Gasteiger partial charge in [0, 0.05) is 10.7 Å². The van der Waals surface area contributed by atoms with E-state index in [1.165, 1.54) is 25.3 Å². The number of benzene rings is 1. The van der Waals surface area contributed by atoms with Crippen LogP contribution in [0.4, 0.5) is 8.78 Å². The standard InChI is InChI=1S/C11H12ClF2NO4S/c1-19-8-3-2-7(4-9(8)20(12,17)18)5-11(16)15-6-10(13)14/h2-4,10H,5-6H2,1H3,(H,15,16). The summed E-state index contributed by atoms with van der Waals surface area (Å²) in [6.07, 6.45) is -2.88. The van der Waals surface area contributed by atoms with Gasteiger partial charge in [0.05, 0.1) is 20.1 Å². The van der Waals surface area contributed by atoms with Crippen molar-refractivity contribution in [2.45, 2.75) is 17.7 Å². The zero-order chi connectivity index (χ0) is 15.3. The number of hydrogen-bond acceptors (Lipinski definition) is 4. The van der Waals surface area contributed by atoms with Gasteiger partial charge in [-0.05, 0) is 17.7 Å². The van der Waals surface area contributed by atoms with Crippen LogP contribution in [0.25, 0.3) is 0 Å². The van der Waals surface area contributed by atoms with Crippen molar-refractivity contribution in [1.82, 2.24) is 5.32 Å². The summed E-state index contributed by atoms with van der Waals surface area (Å²) in [6, 6.07) is 3.96. The first kappa shape index (κ1) is 16.6. The maximum Gasteiger partial charge on any atom is 0.264 e. The molecule has 1 aromatic carbocycles. The summed E-state index contributed by atoms with van der Waals surface area (Å²) >= 11 is 0. The van der Waals surface area contributed by atoms with Gasteiger partial charge < -0.3 is 10.1 Å². The SMILES string of the molecule is COc1ccc(CC(=O)NCC(F)F)cc1S(=O)(=O)Cl. The van der Waals surface area contributed by atoms with Gasteiger partial charge in [-0.3, -0.25) is 4.79 Å². The monoisotopic (exact) mass is 327 g/mol. The van der Waals surface area contributed by atoms with E-state index >= 15 is 0 Å². The van der Waals surface area contributed by atoms with Crippen molar-refractivity contribution in [3.8, 4) is 5.75 Å². The third-order valence-corrected chi connectivity index (χ3v) is 3.65. The molecule has 5 nitrogen and oxygen atoms in total. The highest BCUT2D eigenvalue weighted by atomic mass is 35.7. The van der Waals surface area contributed by atoms with Crippen LogP contribution in [0.15, 0.2) is 23.1 Å². The predicted octanol–water partition coefficient (Wildman–Crippen LogP) is 1.55. The summed E-state index contributed by atoms with van der Waals surface area (Å²) in [5.74, 6) is -0.606. The first-order chi connectivity index (χ1) is 9.24. The van der Waals surface area contributed by atoms with Crippen LogP contribution in [-0.4, -0.2) is 34.4 Å². The highest BCUT2D eigenvalue weighted by molar-refractivity contribution is 8.13. The molecule has 0 bridgehead atoms. The molecule has 0 aromatic heterocycles. The molecular formula is C11H12ClF2NO4S. The first-order valence-electron chi connectivity index (χ1n) is 5.40. The summed E-state index contributed by atoms with van der Waals surface area (Å²) in [5, 5.41) is 2.01. The Morgan fingerprint density at radius 2 is 2.10 bits per heavy atom. The van der Waals surface area contributed by atoms with Gasteiger partial charge in [-0.15, -0.1) is 0 Å². The van der Waals surface area contributed by atoms with E-state index in [9.17, 15) is 22.0 Å². The normalized spacial score (nSPS) is 11.4. The fraction of sp³-hybridized carbons (Fsp3) is 0.364. The lowest BCUT2D eigenvalue weighted by Gasteiger charge is -2.09. The van der Waals surface area contributed by atoms with Crippen molar-refractivity contribution < 1.29 is 26.7 Å². The molecule has 1 amide bonds. The molecule has 9 heteroatoms. The highest BCUT2D eigenvalue weighted by Crippen LogP contribution is 2.27. The molecule has 1 aromatic rings. The van der Waals surface area contributed by atoms with E-state index in [0.29, 0.717) is 5.56 Å².